The summed E-state index contributed by atoms with van der Waals surface area (Å²) < 4.78 is 0. The Kier molecular flexibility index (Phi) is 4.81. The van der Waals surface area contributed by atoms with Crippen LogP contribution in [0.2, 0.25) is 5.02 Å². The first-order valence-electron chi connectivity index (χ1n) is 6.76. The molecular formula is C17H20ClNO. The highest BCUT2D eigenvalue weighted by atomic mass is 35.5. The summed E-state index contributed by atoms with van der Waals surface area (Å²) in [6.45, 7) is 4.36. The Bertz CT molecular complexity index is 554. The lowest BCUT2D eigenvalue weighted by Gasteiger charge is -2.26. The Hall–Kier alpha value is -1.35. The summed E-state index contributed by atoms with van der Waals surface area (Å²) in [5.41, 5.74) is 1.13. The van der Waals surface area contributed by atoms with Crippen LogP contribution in [0, 0.1) is 0 Å². The van der Waals surface area contributed by atoms with Crippen molar-refractivity contribution in [1.29, 1.82) is 0 Å². The lowest BCUT2D eigenvalue weighted by molar-refractivity contribution is 0.0543. The van der Waals surface area contributed by atoms with Crippen LogP contribution in [0.5, 0.6) is 0 Å². The molecule has 2 aromatic carbocycles. The molecule has 2 aromatic rings. The van der Waals surface area contributed by atoms with E-state index in [0.717, 1.165) is 16.1 Å². The van der Waals surface area contributed by atoms with E-state index in [4.69, 9.17) is 11.6 Å². The van der Waals surface area contributed by atoms with Crippen LogP contribution in [0.15, 0.2) is 54.6 Å². The minimum Gasteiger partial charge on any atom is -0.384 e. The van der Waals surface area contributed by atoms with Crippen molar-refractivity contribution < 1.29 is 5.11 Å². The lowest BCUT2D eigenvalue weighted by atomic mass is 9.95. The van der Waals surface area contributed by atoms with Gasteiger partial charge in [0, 0.05) is 17.6 Å². The van der Waals surface area contributed by atoms with Gasteiger partial charge in [0.25, 0.3) is 0 Å². The molecule has 3 heteroatoms. The average Bonchev–Trinajstić information content (AvgIpc) is 2.46. The number of nitrogens with one attached hydrogen (secondary N) is 1. The first kappa shape index (κ1) is 15.0. The van der Waals surface area contributed by atoms with Crippen LogP contribution in [-0.4, -0.2) is 11.7 Å². The second-order valence-corrected chi connectivity index (χ2v) is 5.73. The molecule has 0 heterocycles. The van der Waals surface area contributed by atoms with E-state index in [9.17, 15) is 5.11 Å². The van der Waals surface area contributed by atoms with E-state index in [1.165, 1.54) is 0 Å². The van der Waals surface area contributed by atoms with Crippen molar-refractivity contribution in [2.24, 2.45) is 0 Å². The fourth-order valence-electron chi connectivity index (χ4n) is 2.14. The highest BCUT2D eigenvalue weighted by molar-refractivity contribution is 6.30. The molecule has 0 fully saturated rings. The summed E-state index contributed by atoms with van der Waals surface area (Å²) >= 11 is 6.00. The smallest absolute Gasteiger partial charge is 0.0992 e. The third kappa shape index (κ3) is 3.83. The maximum absolute atomic E-state index is 10.5. The highest BCUT2D eigenvalue weighted by Gasteiger charge is 2.23. The predicted molar refractivity (Wildman–Crippen MR) is 83.9 cm³/mol. The van der Waals surface area contributed by atoms with Crippen molar-refractivity contribution in [3.8, 4) is 0 Å². The van der Waals surface area contributed by atoms with Gasteiger partial charge in [-0.05, 0) is 37.1 Å². The van der Waals surface area contributed by atoms with Crippen LogP contribution in [0.25, 0.3) is 0 Å². The summed E-state index contributed by atoms with van der Waals surface area (Å²) in [6, 6.07) is 17.6. The molecule has 1 unspecified atom stereocenters. The molecule has 0 radical (unpaired) electrons. The van der Waals surface area contributed by atoms with Gasteiger partial charge in [0.05, 0.1) is 5.60 Å². The van der Waals surface area contributed by atoms with Crippen LogP contribution in [-0.2, 0) is 5.60 Å². The molecule has 0 spiro atoms. The largest absolute Gasteiger partial charge is 0.384 e. The fourth-order valence-corrected chi connectivity index (χ4v) is 2.34. The van der Waals surface area contributed by atoms with Crippen molar-refractivity contribution in [3.63, 3.8) is 0 Å². The van der Waals surface area contributed by atoms with E-state index in [1.807, 2.05) is 61.5 Å². The molecule has 0 aliphatic rings. The highest BCUT2D eigenvalue weighted by Crippen LogP contribution is 2.22. The second kappa shape index (κ2) is 6.40. The van der Waals surface area contributed by atoms with Gasteiger partial charge >= 0.3 is 0 Å². The van der Waals surface area contributed by atoms with E-state index in [2.05, 4.69) is 12.2 Å². The zero-order valence-electron chi connectivity index (χ0n) is 11.8. The van der Waals surface area contributed by atoms with Gasteiger partial charge in [0.1, 0.15) is 0 Å². The van der Waals surface area contributed by atoms with E-state index in [-0.39, 0.29) is 6.04 Å². The molecule has 0 aliphatic carbocycles. The third-order valence-corrected chi connectivity index (χ3v) is 3.73. The van der Waals surface area contributed by atoms with E-state index in [1.54, 1.807) is 0 Å². The average molecular weight is 290 g/mol. The Morgan fingerprint density at radius 3 is 2.50 bits per heavy atom. The third-order valence-electron chi connectivity index (χ3n) is 3.50. The van der Waals surface area contributed by atoms with Gasteiger partial charge in [0.15, 0.2) is 0 Å². The zero-order chi connectivity index (χ0) is 14.6. The maximum atomic E-state index is 10.5. The SMILES string of the molecule is C[C@@H](NCC(C)(O)c1ccccc1)c1cccc(Cl)c1. The Morgan fingerprint density at radius 1 is 1.15 bits per heavy atom. The van der Waals surface area contributed by atoms with Gasteiger partial charge in [-0.3, -0.25) is 0 Å². The number of hydrogen-bond acceptors (Lipinski definition) is 2. The molecule has 0 saturated heterocycles. The predicted octanol–water partition coefficient (Wildman–Crippen LogP) is 3.90. The Morgan fingerprint density at radius 2 is 1.85 bits per heavy atom. The van der Waals surface area contributed by atoms with Crippen molar-refractivity contribution in [3.05, 3.63) is 70.7 Å². The molecule has 2 nitrogen and oxygen atoms in total. The minimum atomic E-state index is -0.895. The normalized spacial score (nSPS) is 15.6. The van der Waals surface area contributed by atoms with Crippen LogP contribution in [0.1, 0.15) is 31.0 Å². The monoisotopic (exact) mass is 289 g/mol. The summed E-state index contributed by atoms with van der Waals surface area (Å²) in [7, 11) is 0. The lowest BCUT2D eigenvalue weighted by Crippen LogP contribution is -2.36. The summed E-state index contributed by atoms with van der Waals surface area (Å²) in [4.78, 5) is 0. The van der Waals surface area contributed by atoms with Gasteiger partial charge in [0.2, 0.25) is 0 Å². The van der Waals surface area contributed by atoms with Gasteiger partial charge < -0.3 is 10.4 Å². The number of rotatable bonds is 5. The van der Waals surface area contributed by atoms with Crippen LogP contribution < -0.4 is 5.32 Å². The molecule has 0 amide bonds. The minimum absolute atomic E-state index is 0.129. The zero-order valence-corrected chi connectivity index (χ0v) is 12.6. The summed E-state index contributed by atoms with van der Waals surface area (Å²) in [6.07, 6.45) is 0. The van der Waals surface area contributed by atoms with Gasteiger partial charge in [-0.2, -0.15) is 0 Å². The van der Waals surface area contributed by atoms with Crippen molar-refractivity contribution >= 4 is 11.6 Å². The molecular weight excluding hydrogens is 270 g/mol. The number of halogens is 1. The van der Waals surface area contributed by atoms with Crippen molar-refractivity contribution in [2.75, 3.05) is 6.54 Å². The van der Waals surface area contributed by atoms with E-state index < -0.39 is 5.60 Å². The van der Waals surface area contributed by atoms with Crippen LogP contribution >= 0.6 is 11.6 Å². The van der Waals surface area contributed by atoms with Crippen LogP contribution in [0.3, 0.4) is 0 Å². The first-order valence-corrected chi connectivity index (χ1v) is 7.13. The Balaban J connectivity index is 2.01. The molecule has 2 rings (SSSR count). The molecule has 0 bridgehead atoms. The number of aliphatic hydroxyl groups is 1. The van der Waals surface area contributed by atoms with Crippen LogP contribution in [0.4, 0.5) is 0 Å². The Labute approximate surface area is 125 Å². The van der Waals surface area contributed by atoms with Crippen molar-refractivity contribution in [1.82, 2.24) is 5.32 Å². The summed E-state index contributed by atoms with van der Waals surface area (Å²) in [5, 5.41) is 14.6. The molecule has 2 atom stereocenters. The molecule has 106 valence electrons. The standard InChI is InChI=1S/C17H20ClNO/c1-13(14-7-6-10-16(18)11-14)19-12-17(2,20)15-8-4-3-5-9-15/h3-11,13,19-20H,12H2,1-2H3/t13-,17?/m1/s1. The molecule has 20 heavy (non-hydrogen) atoms. The van der Waals surface area contributed by atoms with Crippen molar-refractivity contribution in [2.45, 2.75) is 25.5 Å². The first-order chi connectivity index (χ1) is 9.49. The molecule has 0 aromatic heterocycles. The quantitative estimate of drug-likeness (QED) is 0.875. The molecule has 2 N–H and O–H groups in total. The maximum Gasteiger partial charge on any atom is 0.0992 e. The van der Waals surface area contributed by atoms with Gasteiger partial charge in [-0.15, -0.1) is 0 Å². The number of benzene rings is 2. The van der Waals surface area contributed by atoms with Gasteiger partial charge in [-0.1, -0.05) is 54.1 Å². The topological polar surface area (TPSA) is 32.3 Å². The van der Waals surface area contributed by atoms with E-state index in [0.29, 0.717) is 6.54 Å². The van der Waals surface area contributed by atoms with E-state index >= 15 is 0 Å². The van der Waals surface area contributed by atoms with Gasteiger partial charge in [-0.25, -0.2) is 0 Å². The number of hydrogen-bond donors (Lipinski definition) is 2. The second-order valence-electron chi connectivity index (χ2n) is 5.30. The summed E-state index contributed by atoms with van der Waals surface area (Å²) in [5.74, 6) is 0. The molecule has 0 saturated carbocycles. The molecule has 0 aliphatic heterocycles. The fraction of sp³-hybridized carbons (Fsp3) is 0.294.